The first-order valence-electron chi connectivity index (χ1n) is 8.29. The molecule has 2 aromatic carbocycles. The van der Waals surface area contributed by atoms with Crippen LogP contribution in [0.1, 0.15) is 12.5 Å². The fourth-order valence-corrected chi connectivity index (χ4v) is 2.80. The molecule has 134 valence electrons. The molecule has 26 heavy (non-hydrogen) atoms. The van der Waals surface area contributed by atoms with E-state index in [1.54, 1.807) is 54.0 Å². The average molecular weight is 370 g/mol. The summed E-state index contributed by atoms with van der Waals surface area (Å²) in [6.45, 7) is 2.18. The van der Waals surface area contributed by atoms with E-state index < -0.39 is 6.10 Å². The Balaban J connectivity index is 1.61. The Morgan fingerprint density at radius 1 is 1.23 bits per heavy atom. The Hall–Kier alpha value is -2.79. The van der Waals surface area contributed by atoms with E-state index in [9.17, 15) is 4.79 Å². The van der Waals surface area contributed by atoms with E-state index in [1.165, 1.54) is 0 Å². The molecule has 0 fully saturated rings. The van der Waals surface area contributed by atoms with Crippen molar-refractivity contribution in [2.45, 2.75) is 19.6 Å². The Morgan fingerprint density at radius 2 is 2.00 bits per heavy atom. The van der Waals surface area contributed by atoms with Crippen molar-refractivity contribution in [2.75, 3.05) is 7.05 Å². The quantitative estimate of drug-likeness (QED) is 0.661. The van der Waals surface area contributed by atoms with Crippen LogP contribution in [0.15, 0.2) is 67.0 Å². The second kappa shape index (κ2) is 8.06. The van der Waals surface area contributed by atoms with Crippen molar-refractivity contribution in [3.8, 4) is 11.4 Å². The molecule has 0 radical (unpaired) electrons. The van der Waals surface area contributed by atoms with Gasteiger partial charge < -0.3 is 9.64 Å². The standard InChI is InChI=1S/C20H20ClN3O2/c1-15(26-19-10-6-7-17(21)11-19)20(25)23(2)13-16-12-22-24(14-16)18-8-4-3-5-9-18/h3-12,14-15H,13H2,1-2H3. The summed E-state index contributed by atoms with van der Waals surface area (Å²) < 4.78 is 7.49. The number of likely N-dealkylation sites (N-methyl/N-ethyl adjacent to an activating group) is 1. The van der Waals surface area contributed by atoms with Crippen molar-refractivity contribution < 1.29 is 9.53 Å². The van der Waals surface area contributed by atoms with Gasteiger partial charge in [0, 0.05) is 30.4 Å². The highest BCUT2D eigenvalue weighted by atomic mass is 35.5. The van der Waals surface area contributed by atoms with E-state index in [2.05, 4.69) is 5.10 Å². The summed E-state index contributed by atoms with van der Waals surface area (Å²) >= 11 is 5.95. The summed E-state index contributed by atoms with van der Waals surface area (Å²) in [6, 6.07) is 16.9. The van der Waals surface area contributed by atoms with Crippen molar-refractivity contribution >= 4 is 17.5 Å². The number of para-hydroxylation sites is 1. The number of carbonyl (C=O) groups is 1. The van der Waals surface area contributed by atoms with Crippen molar-refractivity contribution in [2.24, 2.45) is 0 Å². The maximum absolute atomic E-state index is 12.6. The minimum Gasteiger partial charge on any atom is -0.481 e. The molecule has 0 aliphatic heterocycles. The van der Waals surface area contributed by atoms with Gasteiger partial charge in [0.1, 0.15) is 5.75 Å². The number of benzene rings is 2. The molecule has 5 nitrogen and oxygen atoms in total. The van der Waals surface area contributed by atoms with Gasteiger partial charge >= 0.3 is 0 Å². The zero-order chi connectivity index (χ0) is 18.5. The van der Waals surface area contributed by atoms with Crippen molar-refractivity contribution in [1.29, 1.82) is 0 Å². The van der Waals surface area contributed by atoms with Gasteiger partial charge in [-0.1, -0.05) is 35.9 Å². The van der Waals surface area contributed by atoms with Crippen molar-refractivity contribution in [3.05, 3.63) is 77.6 Å². The first kappa shape index (κ1) is 18.0. The van der Waals surface area contributed by atoms with Crippen molar-refractivity contribution in [3.63, 3.8) is 0 Å². The zero-order valence-corrected chi connectivity index (χ0v) is 15.4. The van der Waals surface area contributed by atoms with E-state index in [0.29, 0.717) is 17.3 Å². The van der Waals surface area contributed by atoms with Crippen LogP contribution in [-0.4, -0.2) is 33.7 Å². The minimum atomic E-state index is -0.609. The molecular formula is C20H20ClN3O2. The molecule has 0 bridgehead atoms. The number of rotatable bonds is 6. The number of carbonyl (C=O) groups excluding carboxylic acids is 1. The summed E-state index contributed by atoms with van der Waals surface area (Å²) in [4.78, 5) is 14.2. The van der Waals surface area contributed by atoms with E-state index in [1.807, 2.05) is 36.5 Å². The Bertz CT molecular complexity index is 880. The van der Waals surface area contributed by atoms with Gasteiger partial charge in [-0.2, -0.15) is 5.10 Å². The third-order valence-corrected chi connectivity index (χ3v) is 4.14. The fourth-order valence-electron chi connectivity index (χ4n) is 2.62. The van der Waals surface area contributed by atoms with Crippen LogP contribution in [0.2, 0.25) is 5.02 Å². The van der Waals surface area contributed by atoms with Crippen molar-refractivity contribution in [1.82, 2.24) is 14.7 Å². The number of halogens is 1. The first-order chi connectivity index (χ1) is 12.5. The van der Waals surface area contributed by atoms with E-state index in [4.69, 9.17) is 16.3 Å². The topological polar surface area (TPSA) is 47.4 Å². The van der Waals surface area contributed by atoms with E-state index in [0.717, 1.165) is 11.3 Å². The third-order valence-electron chi connectivity index (χ3n) is 3.91. The lowest BCUT2D eigenvalue weighted by Gasteiger charge is -2.21. The molecule has 0 aliphatic carbocycles. The first-order valence-corrected chi connectivity index (χ1v) is 8.67. The highest BCUT2D eigenvalue weighted by molar-refractivity contribution is 6.30. The molecule has 1 unspecified atom stereocenters. The summed E-state index contributed by atoms with van der Waals surface area (Å²) in [5, 5.41) is 4.93. The minimum absolute atomic E-state index is 0.113. The van der Waals surface area contributed by atoms with Gasteiger partial charge in [-0.05, 0) is 37.3 Å². The maximum atomic E-state index is 12.6. The summed E-state index contributed by atoms with van der Waals surface area (Å²) in [5.41, 5.74) is 1.92. The number of hydrogen-bond donors (Lipinski definition) is 0. The second-order valence-corrected chi connectivity index (χ2v) is 6.48. The predicted octanol–water partition coefficient (Wildman–Crippen LogP) is 3.95. The average Bonchev–Trinajstić information content (AvgIpc) is 3.10. The number of nitrogens with zero attached hydrogens (tertiary/aromatic N) is 3. The van der Waals surface area contributed by atoms with E-state index in [-0.39, 0.29) is 5.91 Å². The number of aromatic nitrogens is 2. The van der Waals surface area contributed by atoms with Crippen LogP contribution in [0, 0.1) is 0 Å². The molecule has 3 rings (SSSR count). The molecule has 0 saturated carbocycles. The zero-order valence-electron chi connectivity index (χ0n) is 14.7. The molecule has 3 aromatic rings. The predicted molar refractivity (Wildman–Crippen MR) is 102 cm³/mol. The fraction of sp³-hybridized carbons (Fsp3) is 0.200. The third kappa shape index (κ3) is 4.43. The monoisotopic (exact) mass is 369 g/mol. The highest BCUT2D eigenvalue weighted by Gasteiger charge is 2.20. The van der Waals surface area contributed by atoms with Gasteiger partial charge in [0.15, 0.2) is 6.10 Å². The van der Waals surface area contributed by atoms with Crippen LogP contribution in [0.5, 0.6) is 5.75 Å². The summed E-state index contributed by atoms with van der Waals surface area (Å²) in [7, 11) is 1.75. The number of ether oxygens (including phenoxy) is 1. The van der Waals surface area contributed by atoms with Crippen LogP contribution in [-0.2, 0) is 11.3 Å². The molecule has 0 aliphatic rings. The molecule has 0 saturated heterocycles. The van der Waals surface area contributed by atoms with Gasteiger partial charge in [-0.3, -0.25) is 4.79 Å². The number of hydrogen-bond acceptors (Lipinski definition) is 3. The van der Waals surface area contributed by atoms with Crippen LogP contribution in [0.3, 0.4) is 0 Å². The molecule has 1 aromatic heterocycles. The lowest BCUT2D eigenvalue weighted by atomic mass is 10.3. The number of amides is 1. The van der Waals surface area contributed by atoms with Gasteiger partial charge in [-0.25, -0.2) is 4.68 Å². The molecule has 0 N–H and O–H groups in total. The van der Waals surface area contributed by atoms with Gasteiger partial charge in [0.2, 0.25) is 0 Å². The normalized spacial score (nSPS) is 11.8. The van der Waals surface area contributed by atoms with Crippen LogP contribution >= 0.6 is 11.6 Å². The molecule has 0 spiro atoms. The SMILES string of the molecule is CC(Oc1cccc(Cl)c1)C(=O)N(C)Cc1cnn(-c2ccccc2)c1. The molecule has 1 heterocycles. The van der Waals surface area contributed by atoms with Gasteiger partial charge in [0.25, 0.3) is 5.91 Å². The van der Waals surface area contributed by atoms with Gasteiger partial charge in [-0.15, -0.1) is 0 Å². The smallest absolute Gasteiger partial charge is 0.263 e. The van der Waals surface area contributed by atoms with Crippen LogP contribution in [0.25, 0.3) is 5.69 Å². The highest BCUT2D eigenvalue weighted by Crippen LogP contribution is 2.19. The molecule has 1 atom stereocenters. The Morgan fingerprint density at radius 3 is 2.73 bits per heavy atom. The summed E-state index contributed by atoms with van der Waals surface area (Å²) in [5.74, 6) is 0.459. The van der Waals surface area contributed by atoms with E-state index >= 15 is 0 Å². The lowest BCUT2D eigenvalue weighted by Crippen LogP contribution is -2.37. The molecule has 1 amide bonds. The van der Waals surface area contributed by atoms with Gasteiger partial charge in [0.05, 0.1) is 11.9 Å². The molecule has 6 heteroatoms. The Kier molecular flexibility index (Phi) is 5.58. The largest absolute Gasteiger partial charge is 0.481 e. The lowest BCUT2D eigenvalue weighted by molar-refractivity contribution is -0.137. The van der Waals surface area contributed by atoms with Crippen LogP contribution < -0.4 is 4.74 Å². The second-order valence-electron chi connectivity index (χ2n) is 6.04. The summed E-state index contributed by atoms with van der Waals surface area (Å²) in [6.07, 6.45) is 3.07. The molecular weight excluding hydrogens is 350 g/mol. The maximum Gasteiger partial charge on any atom is 0.263 e. The van der Waals surface area contributed by atoms with Crippen LogP contribution in [0.4, 0.5) is 0 Å². The Labute approximate surface area is 157 Å².